The quantitative estimate of drug-likeness (QED) is 0.892. The van der Waals surface area contributed by atoms with Crippen molar-refractivity contribution in [2.75, 3.05) is 6.54 Å². The van der Waals surface area contributed by atoms with Gasteiger partial charge in [-0.3, -0.25) is 4.79 Å². The van der Waals surface area contributed by atoms with E-state index in [4.69, 9.17) is 5.11 Å². The molecule has 1 aromatic heterocycles. The molecule has 1 amide bonds. The van der Waals surface area contributed by atoms with Crippen LogP contribution in [0.3, 0.4) is 0 Å². The van der Waals surface area contributed by atoms with Crippen LogP contribution < -0.4 is 0 Å². The second-order valence-corrected chi connectivity index (χ2v) is 5.70. The summed E-state index contributed by atoms with van der Waals surface area (Å²) in [5.41, 5.74) is 0.936. The molecule has 1 heterocycles. The van der Waals surface area contributed by atoms with Crippen molar-refractivity contribution in [1.82, 2.24) is 4.90 Å². The van der Waals surface area contributed by atoms with Crippen LogP contribution in [0.25, 0.3) is 0 Å². The molecule has 0 bridgehead atoms. The summed E-state index contributed by atoms with van der Waals surface area (Å²) < 4.78 is 0. The van der Waals surface area contributed by atoms with Gasteiger partial charge in [0.15, 0.2) is 0 Å². The molecule has 0 aliphatic rings. The number of carbonyl (C=O) groups excluding carboxylic acids is 1. The lowest BCUT2D eigenvalue weighted by Crippen LogP contribution is -2.31. The molecule has 0 radical (unpaired) electrons. The van der Waals surface area contributed by atoms with Crippen molar-refractivity contribution >= 4 is 23.2 Å². The van der Waals surface area contributed by atoms with Gasteiger partial charge in [-0.2, -0.15) is 0 Å². The van der Waals surface area contributed by atoms with Crippen molar-refractivity contribution in [3.8, 4) is 0 Å². The molecule has 0 aliphatic heterocycles. The summed E-state index contributed by atoms with van der Waals surface area (Å²) in [5, 5.41) is 11.0. The average molecular weight is 303 g/mol. The van der Waals surface area contributed by atoms with Crippen molar-refractivity contribution in [3.63, 3.8) is 0 Å². The van der Waals surface area contributed by atoms with Crippen LogP contribution in [0.2, 0.25) is 0 Å². The van der Waals surface area contributed by atoms with Crippen LogP contribution in [-0.4, -0.2) is 28.4 Å². The van der Waals surface area contributed by atoms with Crippen molar-refractivity contribution in [1.29, 1.82) is 0 Å². The fourth-order valence-electron chi connectivity index (χ4n) is 2.07. The van der Waals surface area contributed by atoms with Gasteiger partial charge in [0, 0.05) is 11.4 Å². The minimum Gasteiger partial charge on any atom is -0.478 e. The Kier molecular flexibility index (Phi) is 5.11. The van der Waals surface area contributed by atoms with Crippen LogP contribution in [0, 0.1) is 0 Å². The second-order valence-electron chi connectivity index (χ2n) is 4.67. The fourth-order valence-corrected chi connectivity index (χ4v) is 2.79. The monoisotopic (exact) mass is 303 g/mol. The molecule has 0 aliphatic carbocycles. The highest BCUT2D eigenvalue weighted by Crippen LogP contribution is 2.14. The summed E-state index contributed by atoms with van der Waals surface area (Å²) in [4.78, 5) is 26.2. The Bertz CT molecular complexity index is 622. The lowest BCUT2D eigenvalue weighted by molar-refractivity contribution is -0.130. The molecular weight excluding hydrogens is 286 g/mol. The number of carboxylic acids is 1. The normalized spacial score (nSPS) is 10.3. The molecule has 0 saturated carbocycles. The highest BCUT2D eigenvalue weighted by Gasteiger charge is 2.14. The Morgan fingerprint density at radius 2 is 2.05 bits per heavy atom. The molecular formula is C16H17NO3S. The number of benzene rings is 1. The number of rotatable bonds is 6. The van der Waals surface area contributed by atoms with Crippen LogP contribution in [0.1, 0.15) is 27.7 Å². The highest BCUT2D eigenvalue weighted by molar-refractivity contribution is 7.09. The molecule has 4 nitrogen and oxygen atoms in total. The molecule has 0 atom stereocenters. The minimum atomic E-state index is -0.977. The van der Waals surface area contributed by atoms with Crippen molar-refractivity contribution in [2.24, 2.45) is 0 Å². The molecule has 5 heteroatoms. The van der Waals surface area contributed by atoms with Gasteiger partial charge in [-0.05, 0) is 36.1 Å². The Hall–Kier alpha value is -2.14. The van der Waals surface area contributed by atoms with Crippen molar-refractivity contribution in [2.45, 2.75) is 19.9 Å². The Morgan fingerprint density at radius 3 is 2.67 bits per heavy atom. The third-order valence-corrected chi connectivity index (χ3v) is 4.05. The lowest BCUT2D eigenvalue weighted by atomic mass is 10.1. The first kappa shape index (κ1) is 15.3. The number of nitrogens with zero attached hydrogens (tertiary/aromatic N) is 1. The number of hydrogen-bond donors (Lipinski definition) is 1. The van der Waals surface area contributed by atoms with E-state index in [0.717, 1.165) is 10.4 Å². The highest BCUT2D eigenvalue weighted by atomic mass is 32.1. The Labute approximate surface area is 127 Å². The molecule has 110 valence electrons. The van der Waals surface area contributed by atoms with E-state index in [1.54, 1.807) is 34.4 Å². The van der Waals surface area contributed by atoms with Gasteiger partial charge < -0.3 is 10.0 Å². The lowest BCUT2D eigenvalue weighted by Gasteiger charge is -2.20. The summed E-state index contributed by atoms with van der Waals surface area (Å²) >= 11 is 1.63. The third kappa shape index (κ3) is 4.16. The largest absolute Gasteiger partial charge is 0.478 e. The van der Waals surface area contributed by atoms with Gasteiger partial charge in [0.1, 0.15) is 0 Å². The standard InChI is InChI=1S/C16H17NO3S/c1-2-17(11-14-7-4-8-21-14)15(18)10-12-5-3-6-13(9-12)16(19)20/h3-9H,2,10-11H2,1H3,(H,19,20). The summed E-state index contributed by atoms with van der Waals surface area (Å²) in [6, 6.07) is 10.5. The van der Waals surface area contributed by atoms with Gasteiger partial charge in [-0.1, -0.05) is 18.2 Å². The maximum atomic E-state index is 12.3. The maximum absolute atomic E-state index is 12.3. The van der Waals surface area contributed by atoms with E-state index < -0.39 is 5.97 Å². The number of aromatic carboxylic acids is 1. The number of thiophene rings is 1. The van der Waals surface area contributed by atoms with Crippen molar-refractivity contribution in [3.05, 3.63) is 57.8 Å². The van der Waals surface area contributed by atoms with Gasteiger partial charge in [0.2, 0.25) is 5.91 Å². The SMILES string of the molecule is CCN(Cc1cccs1)C(=O)Cc1cccc(C(=O)O)c1. The topological polar surface area (TPSA) is 57.6 Å². The van der Waals surface area contributed by atoms with E-state index in [1.165, 1.54) is 6.07 Å². The van der Waals surface area contributed by atoms with Gasteiger partial charge in [-0.25, -0.2) is 4.79 Å². The number of carbonyl (C=O) groups is 2. The third-order valence-electron chi connectivity index (χ3n) is 3.19. The first-order chi connectivity index (χ1) is 10.1. The molecule has 0 fully saturated rings. The zero-order chi connectivity index (χ0) is 15.2. The molecule has 21 heavy (non-hydrogen) atoms. The maximum Gasteiger partial charge on any atom is 0.335 e. The Morgan fingerprint density at radius 1 is 1.24 bits per heavy atom. The summed E-state index contributed by atoms with van der Waals surface area (Å²) in [6.45, 7) is 3.18. The van der Waals surface area contributed by atoms with E-state index in [1.807, 2.05) is 24.4 Å². The molecule has 0 saturated heterocycles. The molecule has 0 spiro atoms. The van der Waals surface area contributed by atoms with Crippen LogP contribution in [0.4, 0.5) is 0 Å². The van der Waals surface area contributed by atoms with E-state index in [0.29, 0.717) is 13.1 Å². The number of hydrogen-bond acceptors (Lipinski definition) is 3. The first-order valence-corrected chi connectivity index (χ1v) is 7.60. The van der Waals surface area contributed by atoms with Crippen LogP contribution in [0.5, 0.6) is 0 Å². The van der Waals surface area contributed by atoms with Crippen LogP contribution in [0.15, 0.2) is 41.8 Å². The number of likely N-dealkylation sites (N-methyl/N-ethyl adjacent to an activating group) is 1. The number of amides is 1. The second kappa shape index (κ2) is 7.04. The van der Waals surface area contributed by atoms with Gasteiger partial charge in [-0.15, -0.1) is 11.3 Å². The zero-order valence-electron chi connectivity index (χ0n) is 11.8. The number of carboxylic acid groups (broad SMARTS) is 1. The zero-order valence-corrected chi connectivity index (χ0v) is 12.6. The Balaban J connectivity index is 2.05. The van der Waals surface area contributed by atoms with E-state index >= 15 is 0 Å². The van der Waals surface area contributed by atoms with E-state index in [2.05, 4.69) is 0 Å². The first-order valence-electron chi connectivity index (χ1n) is 6.72. The summed E-state index contributed by atoms with van der Waals surface area (Å²) in [5.74, 6) is -0.969. The fraction of sp³-hybridized carbons (Fsp3) is 0.250. The smallest absolute Gasteiger partial charge is 0.335 e. The molecule has 2 aromatic rings. The minimum absolute atomic E-state index is 0.00781. The van der Waals surface area contributed by atoms with E-state index in [9.17, 15) is 9.59 Å². The molecule has 1 N–H and O–H groups in total. The van der Waals surface area contributed by atoms with Crippen LogP contribution in [-0.2, 0) is 17.8 Å². The van der Waals surface area contributed by atoms with Gasteiger partial charge in [0.25, 0.3) is 0 Å². The average Bonchev–Trinajstić information content (AvgIpc) is 2.97. The van der Waals surface area contributed by atoms with Gasteiger partial charge in [0.05, 0.1) is 18.5 Å². The van der Waals surface area contributed by atoms with Crippen LogP contribution >= 0.6 is 11.3 Å². The summed E-state index contributed by atoms with van der Waals surface area (Å²) in [6.07, 6.45) is 0.223. The predicted molar refractivity (Wildman–Crippen MR) is 82.5 cm³/mol. The van der Waals surface area contributed by atoms with E-state index in [-0.39, 0.29) is 17.9 Å². The molecule has 2 rings (SSSR count). The van der Waals surface area contributed by atoms with Gasteiger partial charge >= 0.3 is 5.97 Å². The predicted octanol–water partition coefficient (Wildman–Crippen LogP) is 3.04. The summed E-state index contributed by atoms with van der Waals surface area (Å²) in [7, 11) is 0. The molecule has 0 unspecified atom stereocenters. The molecule has 1 aromatic carbocycles. The van der Waals surface area contributed by atoms with Crippen molar-refractivity contribution < 1.29 is 14.7 Å².